The first-order chi connectivity index (χ1) is 18.1. The number of ether oxygens (including phenoxy) is 2. The molecule has 0 spiro atoms. The van der Waals surface area contributed by atoms with Crippen molar-refractivity contribution in [1.82, 2.24) is 14.9 Å². The van der Waals surface area contributed by atoms with E-state index in [1.807, 2.05) is 47.0 Å². The fraction of sp³-hybridized carbons (Fsp3) is 0.214. The Kier molecular flexibility index (Phi) is 8.47. The molecule has 0 saturated carbocycles. The molecule has 9 heteroatoms. The highest BCUT2D eigenvalue weighted by Crippen LogP contribution is 2.23. The lowest BCUT2D eigenvalue weighted by Crippen LogP contribution is -2.28. The lowest BCUT2D eigenvalue weighted by molar-refractivity contribution is 0.0946. The summed E-state index contributed by atoms with van der Waals surface area (Å²) in [4.78, 5) is 30.2. The molecule has 0 atom stereocenters. The van der Waals surface area contributed by atoms with E-state index in [1.54, 1.807) is 37.4 Å². The van der Waals surface area contributed by atoms with E-state index in [4.69, 9.17) is 14.7 Å². The molecule has 37 heavy (non-hydrogen) atoms. The molecule has 1 heterocycles. The number of hydrogen-bond acceptors (Lipinski definition) is 6. The van der Waals surface area contributed by atoms with Gasteiger partial charge in [-0.3, -0.25) is 14.9 Å². The van der Waals surface area contributed by atoms with Gasteiger partial charge in [-0.1, -0.05) is 24.3 Å². The van der Waals surface area contributed by atoms with Crippen molar-refractivity contribution in [3.05, 3.63) is 89.5 Å². The first kappa shape index (κ1) is 25.4. The number of methoxy groups -OCH3 is 1. The predicted octanol–water partition coefficient (Wildman–Crippen LogP) is 4.01. The van der Waals surface area contributed by atoms with Gasteiger partial charge in [-0.05, 0) is 55.0 Å². The number of nitriles is 1. The first-order valence-electron chi connectivity index (χ1n) is 11.9. The molecule has 0 aliphatic carbocycles. The minimum absolute atomic E-state index is 0.244. The molecular weight excluding hydrogens is 470 g/mol. The Morgan fingerprint density at radius 3 is 2.57 bits per heavy atom. The number of amides is 2. The van der Waals surface area contributed by atoms with Gasteiger partial charge in [0, 0.05) is 31.4 Å². The normalized spacial score (nSPS) is 10.6. The Labute approximate surface area is 214 Å². The zero-order valence-corrected chi connectivity index (χ0v) is 20.4. The summed E-state index contributed by atoms with van der Waals surface area (Å²) < 4.78 is 12.7. The molecule has 4 aromatic rings. The van der Waals surface area contributed by atoms with Crippen LogP contribution in [0.2, 0.25) is 0 Å². The smallest absolute Gasteiger partial charge is 0.258 e. The second-order valence-electron chi connectivity index (χ2n) is 8.20. The van der Waals surface area contributed by atoms with E-state index >= 15 is 0 Å². The summed E-state index contributed by atoms with van der Waals surface area (Å²) in [6, 6.07) is 23.1. The third-order valence-electron chi connectivity index (χ3n) is 5.62. The number of imidazole rings is 1. The fourth-order valence-corrected chi connectivity index (χ4v) is 3.82. The molecule has 0 aliphatic heterocycles. The largest absolute Gasteiger partial charge is 0.492 e. The van der Waals surface area contributed by atoms with E-state index in [9.17, 15) is 9.59 Å². The maximum atomic E-state index is 12.9. The van der Waals surface area contributed by atoms with Crippen LogP contribution in [0.3, 0.4) is 0 Å². The number of rotatable bonds is 11. The second kappa shape index (κ2) is 12.3. The van der Waals surface area contributed by atoms with Crippen molar-refractivity contribution in [2.45, 2.75) is 13.0 Å². The molecule has 1 aromatic heterocycles. The highest BCUT2D eigenvalue weighted by Gasteiger charge is 2.16. The zero-order valence-electron chi connectivity index (χ0n) is 20.4. The molecular formula is C28H27N5O4. The molecule has 2 amide bonds. The van der Waals surface area contributed by atoms with E-state index in [0.717, 1.165) is 11.3 Å². The van der Waals surface area contributed by atoms with Gasteiger partial charge in [0.1, 0.15) is 12.4 Å². The summed E-state index contributed by atoms with van der Waals surface area (Å²) in [5, 5.41) is 14.8. The Morgan fingerprint density at radius 2 is 1.78 bits per heavy atom. The average molecular weight is 498 g/mol. The summed E-state index contributed by atoms with van der Waals surface area (Å²) in [5.41, 5.74) is 2.56. The van der Waals surface area contributed by atoms with Crippen LogP contribution in [0.5, 0.6) is 5.75 Å². The number of aromatic nitrogens is 2. The number of benzene rings is 3. The predicted molar refractivity (Wildman–Crippen MR) is 140 cm³/mol. The number of nitrogens with one attached hydrogen (secondary N) is 2. The van der Waals surface area contributed by atoms with E-state index < -0.39 is 0 Å². The van der Waals surface area contributed by atoms with Gasteiger partial charge in [-0.25, -0.2) is 4.98 Å². The maximum absolute atomic E-state index is 12.9. The quantitative estimate of drug-likeness (QED) is 0.302. The van der Waals surface area contributed by atoms with Crippen LogP contribution >= 0.6 is 0 Å². The van der Waals surface area contributed by atoms with Crippen molar-refractivity contribution in [3.63, 3.8) is 0 Å². The van der Waals surface area contributed by atoms with Crippen molar-refractivity contribution in [1.29, 1.82) is 5.26 Å². The average Bonchev–Trinajstić information content (AvgIpc) is 3.27. The summed E-state index contributed by atoms with van der Waals surface area (Å²) in [5.74, 6) is 0.474. The fourth-order valence-electron chi connectivity index (χ4n) is 3.82. The van der Waals surface area contributed by atoms with Crippen LogP contribution in [-0.2, 0) is 11.3 Å². The molecule has 0 fully saturated rings. The van der Waals surface area contributed by atoms with Gasteiger partial charge in [0.15, 0.2) is 0 Å². The summed E-state index contributed by atoms with van der Waals surface area (Å²) in [6.45, 7) is 1.79. The highest BCUT2D eigenvalue weighted by atomic mass is 16.5. The van der Waals surface area contributed by atoms with Crippen LogP contribution in [0.15, 0.2) is 72.8 Å². The van der Waals surface area contributed by atoms with Gasteiger partial charge in [-0.2, -0.15) is 5.26 Å². The van der Waals surface area contributed by atoms with E-state index in [-0.39, 0.29) is 11.8 Å². The number of aryl methyl sites for hydroxylation is 1. The Balaban J connectivity index is 1.49. The van der Waals surface area contributed by atoms with Crippen LogP contribution in [0.25, 0.3) is 11.0 Å². The number of carbonyl (C=O) groups excluding carboxylic acids is 2. The molecule has 4 rings (SSSR count). The third-order valence-corrected chi connectivity index (χ3v) is 5.62. The zero-order chi connectivity index (χ0) is 26.0. The van der Waals surface area contributed by atoms with E-state index in [0.29, 0.717) is 60.9 Å². The number of fused-ring (bicyclic) bond motifs is 1. The van der Waals surface area contributed by atoms with Gasteiger partial charge in [0.25, 0.3) is 11.8 Å². The number of para-hydroxylation sites is 1. The van der Waals surface area contributed by atoms with Crippen LogP contribution in [0.1, 0.15) is 32.7 Å². The van der Waals surface area contributed by atoms with Crippen LogP contribution in [-0.4, -0.2) is 48.2 Å². The van der Waals surface area contributed by atoms with E-state index in [2.05, 4.69) is 15.6 Å². The maximum Gasteiger partial charge on any atom is 0.258 e. The van der Waals surface area contributed by atoms with Gasteiger partial charge >= 0.3 is 0 Å². The molecule has 2 N–H and O–H groups in total. The number of nitrogens with zero attached hydrogens (tertiary/aromatic N) is 3. The SMILES string of the molecule is COCCCn1c(NC(=O)c2cccc(C#N)c2)nc2cc(C(=O)NCCOc3ccccc3)ccc21. The first-order valence-corrected chi connectivity index (χ1v) is 11.9. The van der Waals surface area contributed by atoms with Gasteiger partial charge in [0.2, 0.25) is 5.95 Å². The lowest BCUT2D eigenvalue weighted by atomic mass is 10.1. The van der Waals surface area contributed by atoms with Crippen molar-refractivity contribution in [2.75, 3.05) is 32.2 Å². The van der Waals surface area contributed by atoms with E-state index in [1.165, 1.54) is 6.07 Å². The molecule has 0 saturated heterocycles. The lowest BCUT2D eigenvalue weighted by Gasteiger charge is -2.10. The molecule has 0 radical (unpaired) electrons. The van der Waals surface area contributed by atoms with Crippen molar-refractivity contribution >= 4 is 28.8 Å². The molecule has 9 nitrogen and oxygen atoms in total. The Bertz CT molecular complexity index is 1430. The Morgan fingerprint density at radius 1 is 0.973 bits per heavy atom. The molecule has 3 aromatic carbocycles. The summed E-state index contributed by atoms with van der Waals surface area (Å²) in [7, 11) is 1.63. The number of hydrogen-bond donors (Lipinski definition) is 2. The molecule has 188 valence electrons. The topological polar surface area (TPSA) is 118 Å². The minimum Gasteiger partial charge on any atom is -0.492 e. The van der Waals surface area contributed by atoms with Gasteiger partial charge < -0.3 is 19.4 Å². The van der Waals surface area contributed by atoms with Crippen LogP contribution in [0.4, 0.5) is 5.95 Å². The molecule has 0 bridgehead atoms. The molecule has 0 aliphatic rings. The van der Waals surface area contributed by atoms with Crippen molar-refractivity contribution in [2.24, 2.45) is 0 Å². The Hall–Kier alpha value is -4.68. The minimum atomic E-state index is -0.378. The summed E-state index contributed by atoms with van der Waals surface area (Å²) in [6.07, 6.45) is 0.707. The van der Waals surface area contributed by atoms with Crippen LogP contribution < -0.4 is 15.4 Å². The monoisotopic (exact) mass is 497 g/mol. The van der Waals surface area contributed by atoms with Crippen LogP contribution in [0, 0.1) is 11.3 Å². The van der Waals surface area contributed by atoms with Gasteiger partial charge in [0.05, 0.1) is 29.2 Å². The van der Waals surface area contributed by atoms with Gasteiger partial charge in [-0.15, -0.1) is 0 Å². The van der Waals surface area contributed by atoms with Crippen molar-refractivity contribution < 1.29 is 19.1 Å². The molecule has 0 unspecified atom stereocenters. The standard InChI is InChI=1S/C28H27N5O4/c1-36-15-6-14-33-25-12-11-22(26(34)30-13-16-37-23-9-3-2-4-10-23)18-24(25)31-28(33)32-27(35)21-8-5-7-20(17-21)19-29/h2-5,7-12,17-18H,6,13-16H2,1H3,(H,30,34)(H,31,32,35). The number of carbonyl (C=O) groups is 2. The number of anilines is 1. The van der Waals surface area contributed by atoms with Crippen molar-refractivity contribution in [3.8, 4) is 11.8 Å². The second-order valence-corrected chi connectivity index (χ2v) is 8.20. The highest BCUT2D eigenvalue weighted by molar-refractivity contribution is 6.04. The third kappa shape index (κ3) is 6.51. The summed E-state index contributed by atoms with van der Waals surface area (Å²) >= 11 is 0.